The van der Waals surface area contributed by atoms with E-state index in [0.29, 0.717) is 6.54 Å². The zero-order valence-corrected chi connectivity index (χ0v) is 4.94. The third-order valence-corrected chi connectivity index (χ3v) is 1.09. The first-order valence-electron chi connectivity index (χ1n) is 2.47. The summed E-state index contributed by atoms with van der Waals surface area (Å²) in [6.07, 6.45) is 1.47. The lowest BCUT2D eigenvalue weighted by Gasteiger charge is -2.02. The molecule has 0 bridgehead atoms. The van der Waals surface area contributed by atoms with Crippen LogP contribution in [0.25, 0.3) is 0 Å². The Morgan fingerprint density at radius 2 is 2.67 bits per heavy atom. The quantitative estimate of drug-likeness (QED) is 0.355. The molecule has 0 amide bonds. The van der Waals surface area contributed by atoms with Crippen molar-refractivity contribution in [2.45, 2.75) is 0 Å². The van der Waals surface area contributed by atoms with Crippen LogP contribution in [0.3, 0.4) is 0 Å². The maximum atomic E-state index is 10.0. The van der Waals surface area contributed by atoms with Crippen molar-refractivity contribution in [3.8, 4) is 0 Å². The van der Waals surface area contributed by atoms with Crippen LogP contribution < -0.4 is 5.43 Å². The van der Waals surface area contributed by atoms with Gasteiger partial charge in [-0.15, -0.1) is 0 Å². The van der Waals surface area contributed by atoms with Gasteiger partial charge in [-0.25, -0.2) is 0 Å². The van der Waals surface area contributed by atoms with E-state index in [1.54, 1.807) is 7.05 Å². The molecule has 1 heterocycles. The van der Waals surface area contributed by atoms with E-state index in [9.17, 15) is 10.1 Å². The van der Waals surface area contributed by atoms with Gasteiger partial charge in [-0.3, -0.25) is 0 Å². The van der Waals surface area contributed by atoms with E-state index in [0.717, 1.165) is 0 Å². The molecule has 0 atom stereocenters. The Balaban J connectivity index is 2.68. The molecule has 0 aromatic heterocycles. The molecule has 0 fully saturated rings. The first kappa shape index (κ1) is 6.03. The fourth-order valence-electron chi connectivity index (χ4n) is 0.642. The zero-order valence-electron chi connectivity index (χ0n) is 4.94. The predicted molar refractivity (Wildman–Crippen MR) is 29.8 cm³/mol. The second-order valence-electron chi connectivity index (χ2n) is 1.67. The fourth-order valence-corrected chi connectivity index (χ4v) is 0.642. The molecule has 1 aliphatic rings. The van der Waals surface area contributed by atoms with Crippen LogP contribution in [0.15, 0.2) is 11.9 Å². The van der Waals surface area contributed by atoms with Crippen molar-refractivity contribution in [1.82, 2.24) is 10.4 Å². The van der Waals surface area contributed by atoms with Crippen LogP contribution in [0, 0.1) is 10.1 Å². The van der Waals surface area contributed by atoms with E-state index in [1.807, 2.05) is 0 Å². The van der Waals surface area contributed by atoms with Gasteiger partial charge in [-0.05, 0) is 10.3 Å². The Hall–Kier alpha value is -1.10. The van der Waals surface area contributed by atoms with E-state index in [4.69, 9.17) is 0 Å². The Bertz CT molecular complexity index is 165. The second kappa shape index (κ2) is 2.02. The molecule has 49 valence electrons. The maximum Gasteiger partial charge on any atom is 0.334 e. The molecule has 5 nitrogen and oxygen atoms in total. The third kappa shape index (κ3) is 0.996. The lowest BCUT2D eigenvalue weighted by molar-refractivity contribution is -0.445. The van der Waals surface area contributed by atoms with Gasteiger partial charge in [0.15, 0.2) is 0 Å². The Morgan fingerprint density at radius 3 is 2.89 bits per heavy atom. The van der Waals surface area contributed by atoms with Gasteiger partial charge in [-0.1, -0.05) is 0 Å². The molecule has 1 rings (SSSR count). The van der Waals surface area contributed by atoms with Gasteiger partial charge >= 0.3 is 5.82 Å². The topological polar surface area (TPSA) is 60.5 Å². The minimum Gasteiger partial charge on any atom is -0.358 e. The van der Waals surface area contributed by atoms with Crippen LogP contribution in [0.5, 0.6) is 0 Å². The summed E-state index contributed by atoms with van der Waals surface area (Å²) in [4.78, 5) is 9.60. The molecule has 1 radical (unpaired) electrons. The van der Waals surface area contributed by atoms with Crippen molar-refractivity contribution < 1.29 is 4.92 Å². The van der Waals surface area contributed by atoms with Crippen LogP contribution in [-0.4, -0.2) is 23.5 Å². The molecular weight excluding hydrogens is 122 g/mol. The molecular formula is C4H6N3O2. The largest absolute Gasteiger partial charge is 0.358 e. The number of nitrogens with zero attached hydrogens (tertiary/aromatic N) is 3. The average Bonchev–Trinajstić information content (AvgIpc) is 2.13. The standard InChI is InChI=1S/C4H6N3O2/c1-6-4(7(8)9)2-3-5-6/h2H,3H2,1H3. The zero-order chi connectivity index (χ0) is 6.85. The molecule has 0 saturated heterocycles. The van der Waals surface area contributed by atoms with E-state index in [2.05, 4.69) is 5.43 Å². The Kier molecular flexibility index (Phi) is 1.35. The lowest BCUT2D eigenvalue weighted by Crippen LogP contribution is -2.24. The molecule has 0 aromatic rings. The second-order valence-corrected chi connectivity index (χ2v) is 1.67. The van der Waals surface area contributed by atoms with Gasteiger partial charge in [0.05, 0.1) is 13.6 Å². The summed E-state index contributed by atoms with van der Waals surface area (Å²) in [5.74, 6) is 0.0648. The van der Waals surface area contributed by atoms with Gasteiger partial charge in [0.25, 0.3) is 0 Å². The molecule has 0 spiro atoms. The molecule has 0 saturated carbocycles. The summed E-state index contributed by atoms with van der Waals surface area (Å²) < 4.78 is 0. The number of nitro groups is 1. The van der Waals surface area contributed by atoms with E-state index in [1.165, 1.54) is 11.1 Å². The van der Waals surface area contributed by atoms with Gasteiger partial charge < -0.3 is 10.1 Å². The van der Waals surface area contributed by atoms with E-state index in [-0.39, 0.29) is 5.82 Å². The highest BCUT2D eigenvalue weighted by Crippen LogP contribution is 2.04. The van der Waals surface area contributed by atoms with E-state index >= 15 is 0 Å². The number of rotatable bonds is 1. The van der Waals surface area contributed by atoms with Gasteiger partial charge in [0.1, 0.15) is 0 Å². The first-order chi connectivity index (χ1) is 4.22. The molecule has 0 aromatic carbocycles. The predicted octanol–water partition coefficient (Wildman–Crippen LogP) is -0.431. The molecule has 9 heavy (non-hydrogen) atoms. The highest BCUT2D eigenvalue weighted by molar-refractivity contribution is 4.95. The lowest BCUT2D eigenvalue weighted by atomic mass is 10.6. The highest BCUT2D eigenvalue weighted by atomic mass is 16.6. The third-order valence-electron chi connectivity index (χ3n) is 1.09. The monoisotopic (exact) mass is 128 g/mol. The number of hydrogen-bond acceptors (Lipinski definition) is 3. The highest BCUT2D eigenvalue weighted by Gasteiger charge is 2.22. The summed E-state index contributed by atoms with van der Waals surface area (Å²) in [5.41, 5.74) is 3.74. The molecule has 0 N–H and O–H groups in total. The van der Waals surface area contributed by atoms with Crippen molar-refractivity contribution in [3.63, 3.8) is 0 Å². The molecule has 1 aliphatic heterocycles. The molecule has 0 unspecified atom stereocenters. The molecule has 5 heteroatoms. The van der Waals surface area contributed by atoms with Crippen LogP contribution in [0.2, 0.25) is 0 Å². The van der Waals surface area contributed by atoms with Crippen LogP contribution >= 0.6 is 0 Å². The minimum absolute atomic E-state index is 0.0648. The fraction of sp³-hybridized carbons (Fsp3) is 0.500. The van der Waals surface area contributed by atoms with Crippen LogP contribution in [-0.2, 0) is 0 Å². The van der Waals surface area contributed by atoms with Crippen molar-refractivity contribution >= 4 is 0 Å². The van der Waals surface area contributed by atoms with Crippen LogP contribution in [0.1, 0.15) is 0 Å². The Morgan fingerprint density at radius 1 is 2.00 bits per heavy atom. The van der Waals surface area contributed by atoms with Gasteiger partial charge in [-0.2, -0.15) is 5.01 Å². The van der Waals surface area contributed by atoms with Gasteiger partial charge in [0, 0.05) is 6.08 Å². The van der Waals surface area contributed by atoms with Crippen molar-refractivity contribution in [1.29, 1.82) is 0 Å². The number of hydrogen-bond donors (Lipinski definition) is 0. The minimum atomic E-state index is -0.448. The summed E-state index contributed by atoms with van der Waals surface area (Å²) in [5, 5.41) is 11.3. The van der Waals surface area contributed by atoms with Gasteiger partial charge in [0.2, 0.25) is 0 Å². The van der Waals surface area contributed by atoms with E-state index < -0.39 is 4.92 Å². The SMILES string of the molecule is CN1[N]CC=C1[N+](=O)[O-]. The Labute approximate surface area is 52.1 Å². The summed E-state index contributed by atoms with van der Waals surface area (Å²) in [6, 6.07) is 0. The van der Waals surface area contributed by atoms with Crippen molar-refractivity contribution in [3.05, 3.63) is 22.0 Å². The normalized spacial score (nSPS) is 17.9. The molecule has 0 aliphatic carbocycles. The van der Waals surface area contributed by atoms with Crippen LogP contribution in [0.4, 0.5) is 0 Å². The smallest absolute Gasteiger partial charge is 0.334 e. The first-order valence-corrected chi connectivity index (χ1v) is 2.47. The maximum absolute atomic E-state index is 10.0. The van der Waals surface area contributed by atoms with Crippen molar-refractivity contribution in [2.24, 2.45) is 0 Å². The average molecular weight is 128 g/mol. The summed E-state index contributed by atoms with van der Waals surface area (Å²) in [7, 11) is 1.56. The van der Waals surface area contributed by atoms with Crippen molar-refractivity contribution in [2.75, 3.05) is 13.6 Å². The summed E-state index contributed by atoms with van der Waals surface area (Å²) >= 11 is 0. The summed E-state index contributed by atoms with van der Waals surface area (Å²) in [6.45, 7) is 0.423.